The van der Waals surface area contributed by atoms with Crippen LogP contribution in [0.4, 0.5) is 5.69 Å². The van der Waals surface area contributed by atoms with Gasteiger partial charge in [-0.1, -0.05) is 26.0 Å². The van der Waals surface area contributed by atoms with Gasteiger partial charge >= 0.3 is 5.97 Å². The van der Waals surface area contributed by atoms with Crippen molar-refractivity contribution in [2.45, 2.75) is 38.8 Å². The number of hydrogen-bond donors (Lipinski definition) is 3. The van der Waals surface area contributed by atoms with Gasteiger partial charge in [-0.25, -0.2) is 0 Å². The molecule has 1 fully saturated rings. The molecule has 5 rings (SSSR count). The molecule has 0 spiro atoms. The molecular formula is C25H28N4O4. The Kier molecular flexibility index (Phi) is 5.32. The van der Waals surface area contributed by atoms with Gasteiger partial charge in [-0.3, -0.25) is 19.3 Å². The van der Waals surface area contributed by atoms with Gasteiger partial charge in [0.2, 0.25) is 5.91 Å². The Morgan fingerprint density at radius 3 is 2.73 bits per heavy atom. The summed E-state index contributed by atoms with van der Waals surface area (Å²) in [6.07, 6.45) is 2.74. The van der Waals surface area contributed by atoms with Crippen molar-refractivity contribution in [2.24, 2.45) is 11.8 Å². The molecule has 0 saturated carbocycles. The van der Waals surface area contributed by atoms with Gasteiger partial charge < -0.3 is 20.0 Å². The number of pyridine rings is 1. The van der Waals surface area contributed by atoms with E-state index in [1.807, 2.05) is 47.6 Å². The zero-order valence-corrected chi connectivity index (χ0v) is 18.7. The summed E-state index contributed by atoms with van der Waals surface area (Å²) < 4.78 is 1.85. The van der Waals surface area contributed by atoms with Crippen LogP contribution >= 0.6 is 0 Å². The van der Waals surface area contributed by atoms with Crippen LogP contribution in [0.5, 0.6) is 0 Å². The Morgan fingerprint density at radius 2 is 1.97 bits per heavy atom. The summed E-state index contributed by atoms with van der Waals surface area (Å²) in [4.78, 5) is 42.1. The van der Waals surface area contributed by atoms with Crippen molar-refractivity contribution in [1.82, 2.24) is 14.5 Å². The number of hydrogen-bond acceptors (Lipinski definition) is 4. The van der Waals surface area contributed by atoms with Crippen molar-refractivity contribution in [2.75, 3.05) is 18.4 Å². The van der Waals surface area contributed by atoms with Crippen LogP contribution in [0.1, 0.15) is 43.5 Å². The second kappa shape index (κ2) is 8.19. The average molecular weight is 449 g/mol. The minimum atomic E-state index is -0.890. The van der Waals surface area contributed by atoms with Crippen LogP contribution in [0, 0.1) is 11.8 Å². The summed E-state index contributed by atoms with van der Waals surface area (Å²) in [5.41, 5.74) is 3.19. The predicted molar refractivity (Wildman–Crippen MR) is 125 cm³/mol. The van der Waals surface area contributed by atoms with Gasteiger partial charge in [-0.2, -0.15) is 0 Å². The summed E-state index contributed by atoms with van der Waals surface area (Å²) >= 11 is 0. The molecule has 33 heavy (non-hydrogen) atoms. The first-order valence-corrected chi connectivity index (χ1v) is 11.4. The van der Waals surface area contributed by atoms with Crippen LogP contribution in [0.2, 0.25) is 0 Å². The monoisotopic (exact) mass is 448 g/mol. The lowest BCUT2D eigenvalue weighted by Crippen LogP contribution is -2.49. The highest BCUT2D eigenvalue weighted by atomic mass is 16.4. The summed E-state index contributed by atoms with van der Waals surface area (Å²) in [7, 11) is 0. The van der Waals surface area contributed by atoms with E-state index in [4.69, 9.17) is 0 Å². The first-order valence-electron chi connectivity index (χ1n) is 11.4. The molecule has 2 aliphatic rings. The number of anilines is 1. The first-order chi connectivity index (χ1) is 15.8. The molecule has 0 aliphatic carbocycles. The third kappa shape index (κ3) is 3.84. The number of likely N-dealkylation sites (tertiary alicyclic amines) is 1. The molecule has 3 unspecified atom stereocenters. The molecule has 3 N–H and O–H groups in total. The Morgan fingerprint density at radius 1 is 1.15 bits per heavy atom. The summed E-state index contributed by atoms with van der Waals surface area (Å²) in [6, 6.07) is 10.1. The van der Waals surface area contributed by atoms with E-state index in [9.17, 15) is 19.5 Å². The quantitative estimate of drug-likeness (QED) is 0.556. The summed E-state index contributed by atoms with van der Waals surface area (Å²) in [5, 5.41) is 13.9. The SMILES string of the molecule is CC(C)C(=O)Nc1ccc2c(C(C(=O)O)N3CC4CC(C3)c3cccc(=O)n3C4)c[nH]c2c1. The number of amides is 1. The van der Waals surface area contributed by atoms with Gasteiger partial charge in [0.15, 0.2) is 0 Å². The number of nitrogens with one attached hydrogen (secondary N) is 2. The predicted octanol–water partition coefficient (Wildman–Crippen LogP) is 3.17. The number of nitrogens with zero attached hydrogens (tertiary/aromatic N) is 2. The van der Waals surface area contributed by atoms with Crippen molar-refractivity contribution < 1.29 is 14.7 Å². The van der Waals surface area contributed by atoms with Gasteiger partial charge in [0, 0.05) is 71.6 Å². The zero-order valence-electron chi connectivity index (χ0n) is 18.7. The van der Waals surface area contributed by atoms with Gasteiger partial charge in [0.05, 0.1) is 0 Å². The van der Waals surface area contributed by atoms with E-state index in [-0.39, 0.29) is 29.2 Å². The van der Waals surface area contributed by atoms with Crippen LogP contribution in [-0.2, 0) is 16.1 Å². The van der Waals surface area contributed by atoms with Crippen molar-refractivity contribution in [1.29, 1.82) is 0 Å². The number of H-pyrrole nitrogens is 1. The molecular weight excluding hydrogens is 420 g/mol. The molecule has 2 aromatic heterocycles. The van der Waals surface area contributed by atoms with Gasteiger partial charge in [0.1, 0.15) is 6.04 Å². The zero-order chi connectivity index (χ0) is 23.3. The van der Waals surface area contributed by atoms with E-state index < -0.39 is 12.0 Å². The molecule has 1 aromatic carbocycles. The smallest absolute Gasteiger partial charge is 0.325 e. The molecule has 1 amide bonds. The third-order valence-electron chi connectivity index (χ3n) is 6.91. The molecule has 3 aromatic rings. The first kappa shape index (κ1) is 21.5. The maximum atomic E-state index is 12.5. The highest BCUT2D eigenvalue weighted by Gasteiger charge is 2.40. The standard InChI is InChI=1S/C25H28N4O4/c1-14(2)24(31)27-17-6-7-18-19(10-26-20(18)9-17)23(25(32)33)28-11-15-8-16(13-28)21-4-3-5-22(30)29(21)12-15/h3-7,9-10,14-16,23,26H,8,11-13H2,1-2H3,(H,27,31)(H,32,33). The van der Waals surface area contributed by atoms with E-state index >= 15 is 0 Å². The number of aromatic amines is 1. The van der Waals surface area contributed by atoms with Crippen molar-refractivity contribution in [3.8, 4) is 0 Å². The molecule has 2 aliphatic heterocycles. The number of benzene rings is 1. The molecule has 2 bridgehead atoms. The molecule has 1 saturated heterocycles. The normalized spacial score (nSPS) is 21.1. The maximum absolute atomic E-state index is 12.5. The van der Waals surface area contributed by atoms with E-state index in [0.29, 0.717) is 30.9 Å². The van der Waals surface area contributed by atoms with Crippen LogP contribution in [-0.4, -0.2) is 44.5 Å². The topological polar surface area (TPSA) is 107 Å². The van der Waals surface area contributed by atoms with Crippen molar-refractivity contribution in [3.05, 3.63) is 64.2 Å². The van der Waals surface area contributed by atoms with Gasteiger partial charge in [0.25, 0.3) is 5.56 Å². The van der Waals surface area contributed by atoms with Crippen LogP contribution in [0.15, 0.2) is 47.4 Å². The molecule has 172 valence electrons. The number of aliphatic carboxylic acids is 1. The lowest BCUT2D eigenvalue weighted by Gasteiger charge is -2.44. The number of carbonyl (C=O) groups excluding carboxylic acids is 1. The van der Waals surface area contributed by atoms with Crippen LogP contribution < -0.4 is 10.9 Å². The molecule has 4 heterocycles. The summed E-state index contributed by atoms with van der Waals surface area (Å²) in [6.45, 7) is 5.51. The lowest BCUT2D eigenvalue weighted by molar-refractivity contribution is -0.144. The minimum absolute atomic E-state index is 0.0161. The van der Waals surface area contributed by atoms with Crippen LogP contribution in [0.25, 0.3) is 10.9 Å². The van der Waals surface area contributed by atoms with Crippen LogP contribution in [0.3, 0.4) is 0 Å². The minimum Gasteiger partial charge on any atom is -0.480 e. The number of piperidine rings is 1. The Bertz CT molecular complexity index is 1290. The molecule has 3 atom stereocenters. The highest BCUT2D eigenvalue weighted by Crippen LogP contribution is 2.39. The second-order valence-corrected chi connectivity index (χ2v) is 9.54. The fourth-order valence-corrected chi connectivity index (χ4v) is 5.37. The average Bonchev–Trinajstić information content (AvgIpc) is 3.17. The maximum Gasteiger partial charge on any atom is 0.325 e. The Labute approximate surface area is 191 Å². The van der Waals surface area contributed by atoms with Gasteiger partial charge in [-0.15, -0.1) is 0 Å². The van der Waals surface area contributed by atoms with E-state index in [2.05, 4.69) is 10.3 Å². The number of aromatic nitrogens is 2. The fourth-order valence-electron chi connectivity index (χ4n) is 5.37. The number of fused-ring (bicyclic) bond motifs is 5. The van der Waals surface area contributed by atoms with Crippen molar-refractivity contribution in [3.63, 3.8) is 0 Å². The Balaban J connectivity index is 1.46. The number of carboxylic acid groups (broad SMARTS) is 1. The largest absolute Gasteiger partial charge is 0.480 e. The number of carbonyl (C=O) groups is 2. The van der Waals surface area contributed by atoms with E-state index in [1.165, 1.54) is 0 Å². The third-order valence-corrected chi connectivity index (χ3v) is 6.91. The second-order valence-electron chi connectivity index (χ2n) is 9.54. The molecule has 8 nitrogen and oxygen atoms in total. The summed E-state index contributed by atoms with van der Waals surface area (Å²) in [5.74, 6) is -0.712. The number of rotatable bonds is 5. The van der Waals surface area contributed by atoms with Gasteiger partial charge in [-0.05, 0) is 30.5 Å². The number of carboxylic acids is 1. The fraction of sp³-hybridized carbons (Fsp3) is 0.400. The highest BCUT2D eigenvalue weighted by molar-refractivity contribution is 5.96. The Hall–Kier alpha value is -3.39. The molecule has 8 heteroatoms. The van der Waals surface area contributed by atoms with Crippen molar-refractivity contribution >= 4 is 28.5 Å². The lowest BCUT2D eigenvalue weighted by atomic mass is 9.82. The molecule has 0 radical (unpaired) electrons. The van der Waals surface area contributed by atoms with E-state index in [0.717, 1.165) is 23.0 Å². The van der Waals surface area contributed by atoms with E-state index in [1.54, 1.807) is 18.3 Å².